The molecular weight excluding hydrogens is 286 g/mol. The Labute approximate surface area is 117 Å². The van der Waals surface area contributed by atoms with E-state index in [9.17, 15) is 8.78 Å². The van der Waals surface area contributed by atoms with Gasteiger partial charge in [-0.05, 0) is 35.0 Å². The van der Waals surface area contributed by atoms with Gasteiger partial charge in [0.2, 0.25) is 5.16 Å². The van der Waals surface area contributed by atoms with Gasteiger partial charge in [-0.1, -0.05) is 12.8 Å². The van der Waals surface area contributed by atoms with Crippen LogP contribution in [0.25, 0.3) is 0 Å². The van der Waals surface area contributed by atoms with Crippen LogP contribution in [-0.2, 0) is 0 Å². The molecule has 1 aliphatic carbocycles. The summed E-state index contributed by atoms with van der Waals surface area (Å²) < 4.78 is 28.4. The number of hydrogen-bond acceptors (Lipinski definition) is 6. The number of halogens is 2. The van der Waals surface area contributed by atoms with E-state index in [1.165, 1.54) is 0 Å². The molecule has 2 aromatic rings. The normalized spacial score (nSPS) is 15.9. The molecule has 1 aliphatic rings. The Bertz CT molecular complexity index is 625. The van der Waals surface area contributed by atoms with Gasteiger partial charge < -0.3 is 5.73 Å². The highest BCUT2D eigenvalue weighted by molar-refractivity contribution is 7.99. The fraction of sp³-hybridized carbons (Fsp3) is 0.455. The van der Waals surface area contributed by atoms with Gasteiger partial charge in [-0.25, -0.2) is 18.4 Å². The van der Waals surface area contributed by atoms with Crippen molar-refractivity contribution < 1.29 is 8.78 Å². The lowest BCUT2D eigenvalue weighted by Crippen LogP contribution is -2.08. The molecule has 9 heteroatoms. The van der Waals surface area contributed by atoms with Crippen LogP contribution in [0, 0.1) is 11.6 Å². The van der Waals surface area contributed by atoms with E-state index in [0.717, 1.165) is 37.4 Å². The molecule has 0 saturated heterocycles. The molecule has 2 N–H and O–H groups in total. The zero-order valence-corrected chi connectivity index (χ0v) is 11.3. The number of nitrogens with two attached hydrogens (primary N) is 1. The van der Waals surface area contributed by atoms with Gasteiger partial charge in [0.1, 0.15) is 5.03 Å². The predicted molar refractivity (Wildman–Crippen MR) is 68.0 cm³/mol. The summed E-state index contributed by atoms with van der Waals surface area (Å²) in [5.41, 5.74) is 5.35. The van der Waals surface area contributed by atoms with Gasteiger partial charge in [0.15, 0.2) is 17.5 Å². The minimum absolute atomic E-state index is 0.0297. The van der Waals surface area contributed by atoms with Crippen LogP contribution in [0.15, 0.2) is 16.2 Å². The molecule has 0 spiro atoms. The SMILES string of the molecule is Nc1nc(Sc2nnnn2C2CCCC2)c(F)cc1F. The van der Waals surface area contributed by atoms with Gasteiger partial charge in [0.25, 0.3) is 0 Å². The van der Waals surface area contributed by atoms with Crippen LogP contribution in [0.5, 0.6) is 0 Å². The van der Waals surface area contributed by atoms with Crippen LogP contribution in [0.2, 0.25) is 0 Å². The molecule has 6 nitrogen and oxygen atoms in total. The van der Waals surface area contributed by atoms with Crippen LogP contribution < -0.4 is 5.73 Å². The zero-order valence-electron chi connectivity index (χ0n) is 10.5. The topological polar surface area (TPSA) is 82.5 Å². The summed E-state index contributed by atoms with van der Waals surface area (Å²) in [5.74, 6) is -1.99. The summed E-state index contributed by atoms with van der Waals surface area (Å²) in [4.78, 5) is 3.70. The minimum atomic E-state index is -0.873. The van der Waals surface area contributed by atoms with Crippen molar-refractivity contribution in [3.63, 3.8) is 0 Å². The van der Waals surface area contributed by atoms with E-state index in [-0.39, 0.29) is 16.9 Å². The standard InChI is InChI=1S/C11H12F2N6S/c12-7-5-8(13)10(15-9(7)14)20-11-16-17-18-19(11)6-3-1-2-4-6/h5-6H,1-4H2,(H2,14,15). The second-order valence-corrected chi connectivity index (χ2v) is 5.54. The maximum Gasteiger partial charge on any atom is 0.215 e. The minimum Gasteiger partial charge on any atom is -0.381 e. The van der Waals surface area contributed by atoms with Crippen LogP contribution >= 0.6 is 11.8 Å². The van der Waals surface area contributed by atoms with Crippen molar-refractivity contribution in [3.05, 3.63) is 17.7 Å². The molecule has 0 unspecified atom stereocenters. The lowest BCUT2D eigenvalue weighted by Gasteiger charge is -2.10. The third-order valence-electron chi connectivity index (χ3n) is 3.25. The summed E-state index contributed by atoms with van der Waals surface area (Å²) in [7, 11) is 0. The lowest BCUT2D eigenvalue weighted by molar-refractivity contribution is 0.422. The van der Waals surface area contributed by atoms with E-state index >= 15 is 0 Å². The molecule has 1 fully saturated rings. The summed E-state index contributed by atoms with van der Waals surface area (Å²) in [6, 6.07) is 0.947. The van der Waals surface area contributed by atoms with Crippen molar-refractivity contribution in [3.8, 4) is 0 Å². The van der Waals surface area contributed by atoms with Gasteiger partial charge in [0.05, 0.1) is 6.04 Å². The lowest BCUT2D eigenvalue weighted by atomic mass is 10.3. The Morgan fingerprint density at radius 2 is 2.00 bits per heavy atom. The third-order valence-corrected chi connectivity index (χ3v) is 4.18. The molecule has 0 aromatic carbocycles. The van der Waals surface area contributed by atoms with Gasteiger partial charge in [-0.3, -0.25) is 0 Å². The number of pyridine rings is 1. The molecular formula is C11H12F2N6S. The van der Waals surface area contributed by atoms with Crippen molar-refractivity contribution in [1.29, 1.82) is 0 Å². The van der Waals surface area contributed by atoms with Gasteiger partial charge in [0, 0.05) is 6.07 Å². The number of aromatic nitrogens is 5. The predicted octanol–water partition coefficient (Wildman–Crippen LogP) is 2.19. The number of nitrogen functional groups attached to an aromatic ring is 1. The Hall–Kier alpha value is -1.77. The molecule has 0 atom stereocenters. The zero-order chi connectivity index (χ0) is 14.1. The largest absolute Gasteiger partial charge is 0.381 e. The Kier molecular flexibility index (Phi) is 3.51. The molecule has 106 valence electrons. The van der Waals surface area contributed by atoms with Crippen molar-refractivity contribution in [2.45, 2.75) is 41.9 Å². The second-order valence-electron chi connectivity index (χ2n) is 4.59. The molecule has 2 aromatic heterocycles. The van der Waals surface area contributed by atoms with Crippen LogP contribution in [0.1, 0.15) is 31.7 Å². The number of nitrogens with zero attached hydrogens (tertiary/aromatic N) is 5. The number of rotatable bonds is 3. The summed E-state index contributed by atoms with van der Waals surface area (Å²) in [6.07, 6.45) is 4.26. The molecule has 2 heterocycles. The quantitative estimate of drug-likeness (QED) is 0.935. The van der Waals surface area contributed by atoms with E-state index in [2.05, 4.69) is 20.5 Å². The van der Waals surface area contributed by atoms with Crippen molar-refractivity contribution in [2.75, 3.05) is 5.73 Å². The fourth-order valence-electron chi connectivity index (χ4n) is 2.25. The van der Waals surface area contributed by atoms with Crippen LogP contribution in [0.3, 0.4) is 0 Å². The monoisotopic (exact) mass is 298 g/mol. The second kappa shape index (κ2) is 5.31. The smallest absolute Gasteiger partial charge is 0.215 e. The molecule has 0 bridgehead atoms. The van der Waals surface area contributed by atoms with E-state index in [1.807, 2.05) is 0 Å². The fourth-order valence-corrected chi connectivity index (χ4v) is 3.08. The average Bonchev–Trinajstić information content (AvgIpc) is 3.06. The Balaban J connectivity index is 1.88. The number of tetrazole rings is 1. The van der Waals surface area contributed by atoms with Crippen molar-refractivity contribution in [2.24, 2.45) is 0 Å². The van der Waals surface area contributed by atoms with Crippen LogP contribution in [0.4, 0.5) is 14.6 Å². The van der Waals surface area contributed by atoms with E-state index in [1.54, 1.807) is 4.68 Å². The van der Waals surface area contributed by atoms with E-state index < -0.39 is 11.6 Å². The summed E-state index contributed by atoms with van der Waals surface area (Å²) in [5, 5.41) is 11.8. The van der Waals surface area contributed by atoms with E-state index in [4.69, 9.17) is 5.73 Å². The summed E-state index contributed by atoms with van der Waals surface area (Å²) in [6.45, 7) is 0. The Morgan fingerprint density at radius 1 is 1.25 bits per heavy atom. The van der Waals surface area contributed by atoms with Gasteiger partial charge in [-0.2, -0.15) is 0 Å². The molecule has 3 rings (SSSR count). The first-order chi connectivity index (χ1) is 9.65. The number of hydrogen-bond donors (Lipinski definition) is 1. The first kappa shape index (κ1) is 13.2. The van der Waals surface area contributed by atoms with Crippen molar-refractivity contribution in [1.82, 2.24) is 25.2 Å². The van der Waals surface area contributed by atoms with Crippen LogP contribution in [-0.4, -0.2) is 25.2 Å². The maximum absolute atomic E-state index is 13.7. The third kappa shape index (κ3) is 2.45. The Morgan fingerprint density at radius 3 is 2.75 bits per heavy atom. The molecule has 0 amide bonds. The molecule has 0 radical (unpaired) electrons. The average molecular weight is 298 g/mol. The highest BCUT2D eigenvalue weighted by Crippen LogP contribution is 2.34. The molecule has 20 heavy (non-hydrogen) atoms. The van der Waals surface area contributed by atoms with Gasteiger partial charge >= 0.3 is 0 Å². The molecule has 1 saturated carbocycles. The highest BCUT2D eigenvalue weighted by atomic mass is 32.2. The first-order valence-corrected chi connectivity index (χ1v) is 7.04. The molecule has 0 aliphatic heterocycles. The van der Waals surface area contributed by atoms with Crippen molar-refractivity contribution >= 4 is 17.6 Å². The highest BCUT2D eigenvalue weighted by Gasteiger charge is 2.23. The van der Waals surface area contributed by atoms with E-state index in [0.29, 0.717) is 11.2 Å². The number of anilines is 1. The first-order valence-electron chi connectivity index (χ1n) is 6.22. The maximum atomic E-state index is 13.7. The summed E-state index contributed by atoms with van der Waals surface area (Å²) >= 11 is 0.951. The van der Waals surface area contributed by atoms with Gasteiger partial charge in [-0.15, -0.1) is 5.10 Å².